The normalized spacial score (nSPS) is 12.9. The van der Waals surface area contributed by atoms with E-state index in [1.54, 1.807) is 0 Å². The van der Waals surface area contributed by atoms with Crippen molar-refractivity contribution in [2.45, 2.75) is 0 Å². The Labute approximate surface area is 744 Å². The molecule has 13 heterocycles. The third kappa shape index (κ3) is 8.97. The molecule has 0 amide bonds. The number of nitrogens with zero attached hydrogens (tertiary/aromatic N) is 10. The second kappa shape index (κ2) is 24.9. The van der Waals surface area contributed by atoms with Crippen LogP contribution in [0.4, 0.5) is 0 Å². The zero-order valence-electron chi connectivity index (χ0n) is 69.4. The van der Waals surface area contributed by atoms with E-state index in [0.717, 1.165) is 298 Å². The Hall–Kier alpha value is -18.3. The number of furan rings is 3. The van der Waals surface area contributed by atoms with Crippen molar-refractivity contribution in [3.63, 3.8) is 0 Å². The molecule has 3 aliphatic rings. The molecule has 16 nitrogen and oxygen atoms in total. The van der Waals surface area contributed by atoms with Crippen LogP contribution in [-0.4, -0.2) is 48.2 Å². The SMILES string of the molecule is c1ccc(-n2c3ccc(-c4ccc5c(c4)oc4c5ccc5c4ccc4c6ccc(-c7cccc8c7oc7ccc9c(ccc%10c%11ccccc%11n(-c%11nc%12c%13c(cccc%13n%11)Oc%11ccccc%11-%12)c9%10)c78)cc6n(-c6nc7c8c(cccc8n6)Oc6ccccc6-7)c54)cc3c3c4oc5ccccc5c4c4c5ccccc5n(-c5nc6c7c(cccc7n5)Oc5ccccc5-6)c4c32)cc1. The van der Waals surface area contributed by atoms with Crippen LogP contribution in [0.3, 0.4) is 0 Å². The average Bonchev–Trinajstić information content (AvgIpc) is 1.51. The Morgan fingerprint density at radius 3 is 1.28 bits per heavy atom. The Morgan fingerprint density at radius 1 is 0.189 bits per heavy atom. The van der Waals surface area contributed by atoms with Crippen LogP contribution >= 0.6 is 0 Å². The van der Waals surface area contributed by atoms with Crippen molar-refractivity contribution >= 4 is 207 Å². The molecule has 0 bridgehead atoms. The van der Waals surface area contributed by atoms with E-state index < -0.39 is 0 Å². The van der Waals surface area contributed by atoms with Gasteiger partial charge in [-0.1, -0.05) is 194 Å². The molecule has 19 aromatic carbocycles. The molecule has 3 aliphatic heterocycles. The van der Waals surface area contributed by atoms with E-state index in [1.807, 2.05) is 91.0 Å². The minimum atomic E-state index is 0.514. The molecule has 0 fully saturated rings. The molecule has 0 radical (unpaired) electrons. The topological polar surface area (TPSA) is 164 Å². The number of fused-ring (bicyclic) bond motifs is 36. The first kappa shape index (κ1) is 69.0. The second-order valence-corrected chi connectivity index (χ2v) is 34.9. The lowest BCUT2D eigenvalue weighted by molar-refractivity contribution is 0.486. The standard InChI is InChI=1S/C116H58N10O6/c1-2-20-62(21-3-1)123-86-54-44-59(56-80(86)100-110(123)109-98(99-75-24-6-12-35-88(75)130-113(99)100)74-23-5-11-34-85(74)125(109)115-118-82-31-18-40-93-102(82)105(121-115)77-26-8-14-37-90(77)128-93)60-42-46-66-72-51-50-71-73(112(72)132-96(66)58-60)52-49-69-65-45-43-61(57-87(65)126(108(69)71)116-119-83-32-19-41-94-103(83)106(122-116)78-27-9-15-38-91(78)129-94)63-28-16-29-79-97-67-47-48-68-64-22-4-10-33-84(64)124(107(68)70(67)53-55-95(97)131-111(63)79)114-117-81-30-17-39-92-101(81)104(120-114)76-25-7-13-36-89(76)127-92/h1-58H. The van der Waals surface area contributed by atoms with Gasteiger partial charge in [0.1, 0.15) is 68.0 Å². The van der Waals surface area contributed by atoms with E-state index in [2.05, 4.69) is 279 Å². The summed E-state index contributed by atoms with van der Waals surface area (Å²) in [6.45, 7) is 0. The Bertz CT molecular complexity index is 10500. The van der Waals surface area contributed by atoms with Crippen molar-refractivity contribution < 1.29 is 27.5 Å². The largest absolute Gasteiger partial charge is 0.456 e. The monoisotopic (exact) mass is 1690 g/mol. The van der Waals surface area contributed by atoms with Crippen molar-refractivity contribution in [3.8, 4) is 114 Å². The highest BCUT2D eigenvalue weighted by Gasteiger charge is 2.35. The van der Waals surface area contributed by atoms with Gasteiger partial charge in [0, 0.05) is 114 Å². The molecule has 132 heavy (non-hydrogen) atoms. The molecule has 0 saturated carbocycles. The summed E-state index contributed by atoms with van der Waals surface area (Å²) < 4.78 is 50.9. The van der Waals surface area contributed by atoms with Gasteiger partial charge in [-0.2, -0.15) is 0 Å². The van der Waals surface area contributed by atoms with Gasteiger partial charge in [-0.15, -0.1) is 0 Å². The number of ether oxygens (including phenoxy) is 3. The van der Waals surface area contributed by atoms with Crippen molar-refractivity contribution in [1.82, 2.24) is 48.2 Å². The highest BCUT2D eigenvalue weighted by molar-refractivity contribution is 6.40. The lowest BCUT2D eigenvalue weighted by Gasteiger charge is -2.21. The van der Waals surface area contributed by atoms with Crippen molar-refractivity contribution in [3.05, 3.63) is 352 Å². The predicted molar refractivity (Wildman–Crippen MR) is 527 cm³/mol. The molecule has 0 unspecified atom stereocenters. The van der Waals surface area contributed by atoms with Crippen molar-refractivity contribution in [2.24, 2.45) is 0 Å². The van der Waals surface area contributed by atoms with Gasteiger partial charge in [-0.05, 0) is 180 Å². The van der Waals surface area contributed by atoms with Gasteiger partial charge in [0.25, 0.3) is 0 Å². The highest BCUT2D eigenvalue weighted by Crippen LogP contribution is 2.56. The first-order chi connectivity index (χ1) is 65.4. The fourth-order valence-corrected chi connectivity index (χ4v) is 22.6. The van der Waals surface area contributed by atoms with E-state index in [1.165, 1.54) is 0 Å². The molecule has 608 valence electrons. The maximum atomic E-state index is 7.42. The molecular formula is C116H58N10O6. The number of para-hydroxylation sites is 8. The van der Waals surface area contributed by atoms with Gasteiger partial charge < -0.3 is 32.0 Å². The molecule has 16 heteroatoms. The van der Waals surface area contributed by atoms with E-state index >= 15 is 0 Å². The Morgan fingerprint density at radius 2 is 0.621 bits per heavy atom. The molecule has 0 spiro atoms. The lowest BCUT2D eigenvalue weighted by atomic mass is 9.98. The Kier molecular flexibility index (Phi) is 13.0. The van der Waals surface area contributed by atoms with E-state index in [4.69, 9.17) is 57.4 Å². The van der Waals surface area contributed by atoms with Crippen LogP contribution in [-0.2, 0) is 0 Å². The zero-order chi connectivity index (χ0) is 85.3. The molecule has 0 saturated heterocycles. The van der Waals surface area contributed by atoms with Gasteiger partial charge in [0.15, 0.2) is 0 Å². The van der Waals surface area contributed by atoms with Gasteiger partial charge >= 0.3 is 0 Å². The fraction of sp³-hybridized carbons (Fsp3) is 0. The summed E-state index contributed by atoms with van der Waals surface area (Å²) in [5.74, 6) is 6.06. The molecule has 0 N–H and O–H groups in total. The number of aromatic nitrogens is 10. The minimum absolute atomic E-state index is 0.514. The number of hydrogen-bond acceptors (Lipinski definition) is 12. The second-order valence-electron chi connectivity index (χ2n) is 34.9. The van der Waals surface area contributed by atoms with E-state index in [0.29, 0.717) is 23.6 Å². The quantitative estimate of drug-likeness (QED) is 0.155. The molecule has 10 aromatic heterocycles. The van der Waals surface area contributed by atoms with E-state index in [9.17, 15) is 0 Å². The van der Waals surface area contributed by atoms with Gasteiger partial charge in [0.05, 0.1) is 99.3 Å². The van der Waals surface area contributed by atoms with Crippen LogP contribution in [0, 0.1) is 0 Å². The summed E-state index contributed by atoms with van der Waals surface area (Å²) in [7, 11) is 0. The summed E-state index contributed by atoms with van der Waals surface area (Å²) in [4.78, 5) is 33.4. The van der Waals surface area contributed by atoms with Gasteiger partial charge in [0.2, 0.25) is 17.8 Å². The summed E-state index contributed by atoms with van der Waals surface area (Å²) in [6.07, 6.45) is 0. The third-order valence-corrected chi connectivity index (χ3v) is 28.2. The summed E-state index contributed by atoms with van der Waals surface area (Å²) >= 11 is 0. The summed E-state index contributed by atoms with van der Waals surface area (Å²) in [6, 6.07) is 123. The third-order valence-electron chi connectivity index (χ3n) is 28.2. The molecule has 32 rings (SSSR count). The maximum absolute atomic E-state index is 7.42. The number of benzene rings is 19. The molecule has 0 aliphatic carbocycles. The molecule has 29 aromatic rings. The van der Waals surface area contributed by atoms with Crippen LogP contribution in [0.25, 0.3) is 287 Å². The highest BCUT2D eigenvalue weighted by atomic mass is 16.5. The lowest BCUT2D eigenvalue weighted by Crippen LogP contribution is -2.07. The zero-order valence-corrected chi connectivity index (χ0v) is 69.4. The maximum Gasteiger partial charge on any atom is 0.235 e. The predicted octanol–water partition coefficient (Wildman–Crippen LogP) is 30.6. The minimum Gasteiger partial charge on any atom is -0.456 e. The number of hydrogen-bond donors (Lipinski definition) is 0. The van der Waals surface area contributed by atoms with Crippen LogP contribution in [0.1, 0.15) is 0 Å². The van der Waals surface area contributed by atoms with Gasteiger partial charge in [-0.25, -0.2) is 29.9 Å². The van der Waals surface area contributed by atoms with Crippen LogP contribution in [0.2, 0.25) is 0 Å². The van der Waals surface area contributed by atoms with Crippen LogP contribution < -0.4 is 14.2 Å². The number of rotatable bonds is 6. The van der Waals surface area contributed by atoms with Crippen molar-refractivity contribution in [2.75, 3.05) is 0 Å². The summed E-state index contributed by atoms with van der Waals surface area (Å²) in [5, 5.41) is 21.0. The van der Waals surface area contributed by atoms with Crippen molar-refractivity contribution in [1.29, 1.82) is 0 Å². The first-order valence-corrected chi connectivity index (χ1v) is 44.3. The Balaban J connectivity index is 0.586. The molecular weight excluding hydrogens is 1630 g/mol. The first-order valence-electron chi connectivity index (χ1n) is 44.3. The average molecular weight is 1690 g/mol. The fourth-order valence-electron chi connectivity index (χ4n) is 22.6. The smallest absolute Gasteiger partial charge is 0.235 e. The summed E-state index contributed by atoms with van der Waals surface area (Å²) in [5.41, 5.74) is 24.8. The van der Waals surface area contributed by atoms with Gasteiger partial charge in [-0.3, -0.25) is 13.7 Å². The van der Waals surface area contributed by atoms with E-state index in [-0.39, 0.29) is 0 Å². The molecule has 0 atom stereocenters. The van der Waals surface area contributed by atoms with Crippen LogP contribution in [0.5, 0.6) is 34.5 Å². The van der Waals surface area contributed by atoms with Crippen LogP contribution in [0.15, 0.2) is 365 Å².